The van der Waals surface area contributed by atoms with Gasteiger partial charge in [-0.15, -0.1) is 0 Å². The minimum absolute atomic E-state index is 0.0145. The standard InChI is InChI=1S/C15H16O5S/c1-11(2)19-13-7-9-15(10-8-13)21(17,18)20-14-5-3-12(16)4-6-14/h3-11,16H,1-2H3. The quantitative estimate of drug-likeness (QED) is 0.860. The normalized spacial score (nSPS) is 11.4. The molecule has 0 unspecified atom stereocenters. The first kappa shape index (κ1) is 15.2. The van der Waals surface area contributed by atoms with Gasteiger partial charge in [0.25, 0.3) is 0 Å². The molecule has 0 aliphatic heterocycles. The summed E-state index contributed by atoms with van der Waals surface area (Å²) >= 11 is 0. The number of aromatic hydroxyl groups is 1. The minimum atomic E-state index is -3.91. The Bertz CT molecular complexity index is 688. The molecule has 2 aromatic rings. The van der Waals surface area contributed by atoms with Gasteiger partial charge in [0, 0.05) is 0 Å². The molecule has 0 aromatic heterocycles. The van der Waals surface area contributed by atoms with Crippen LogP contribution in [0.2, 0.25) is 0 Å². The molecule has 0 bridgehead atoms. The van der Waals surface area contributed by atoms with Crippen molar-refractivity contribution in [1.82, 2.24) is 0 Å². The van der Waals surface area contributed by atoms with Crippen molar-refractivity contribution in [3.63, 3.8) is 0 Å². The number of phenols is 1. The molecule has 112 valence electrons. The van der Waals surface area contributed by atoms with Crippen molar-refractivity contribution in [2.75, 3.05) is 0 Å². The Balaban J connectivity index is 2.17. The van der Waals surface area contributed by atoms with Crippen LogP contribution in [0.4, 0.5) is 0 Å². The summed E-state index contributed by atoms with van der Waals surface area (Å²) in [6, 6.07) is 11.5. The Hall–Kier alpha value is -2.21. The van der Waals surface area contributed by atoms with E-state index in [2.05, 4.69) is 0 Å². The summed E-state index contributed by atoms with van der Waals surface area (Å²) in [4.78, 5) is 0.0340. The lowest BCUT2D eigenvalue weighted by atomic mass is 10.3. The molecule has 0 saturated carbocycles. The largest absolute Gasteiger partial charge is 0.508 e. The summed E-state index contributed by atoms with van der Waals surface area (Å²) in [6.07, 6.45) is 0.0145. The zero-order chi connectivity index (χ0) is 15.5. The fraction of sp³-hybridized carbons (Fsp3) is 0.200. The Morgan fingerprint density at radius 3 is 1.95 bits per heavy atom. The topological polar surface area (TPSA) is 72.8 Å². The first-order valence-electron chi connectivity index (χ1n) is 6.37. The molecule has 0 spiro atoms. The molecule has 0 aliphatic carbocycles. The molecule has 5 nitrogen and oxygen atoms in total. The van der Waals surface area contributed by atoms with Gasteiger partial charge in [0.15, 0.2) is 0 Å². The average molecular weight is 308 g/mol. The van der Waals surface area contributed by atoms with E-state index in [9.17, 15) is 8.42 Å². The van der Waals surface area contributed by atoms with Crippen molar-refractivity contribution >= 4 is 10.1 Å². The van der Waals surface area contributed by atoms with Gasteiger partial charge >= 0.3 is 10.1 Å². The van der Waals surface area contributed by atoms with Crippen LogP contribution >= 0.6 is 0 Å². The second kappa shape index (κ2) is 6.05. The van der Waals surface area contributed by atoms with Gasteiger partial charge < -0.3 is 14.0 Å². The molecule has 0 saturated heterocycles. The number of hydrogen-bond acceptors (Lipinski definition) is 5. The molecule has 21 heavy (non-hydrogen) atoms. The van der Waals surface area contributed by atoms with Crippen LogP contribution in [0.25, 0.3) is 0 Å². The molecule has 0 fully saturated rings. The third-order valence-corrected chi connectivity index (χ3v) is 3.79. The molecule has 0 atom stereocenters. The first-order valence-corrected chi connectivity index (χ1v) is 7.78. The Labute approximate surface area is 123 Å². The van der Waals surface area contributed by atoms with Crippen LogP contribution in [0.15, 0.2) is 53.4 Å². The van der Waals surface area contributed by atoms with Crippen molar-refractivity contribution in [3.05, 3.63) is 48.5 Å². The van der Waals surface area contributed by atoms with E-state index in [1.807, 2.05) is 13.8 Å². The molecule has 2 rings (SSSR count). The maximum absolute atomic E-state index is 12.1. The minimum Gasteiger partial charge on any atom is -0.508 e. The van der Waals surface area contributed by atoms with Crippen molar-refractivity contribution in [2.45, 2.75) is 24.8 Å². The summed E-state index contributed by atoms with van der Waals surface area (Å²) in [5.41, 5.74) is 0. The summed E-state index contributed by atoms with van der Waals surface area (Å²) in [5.74, 6) is 0.763. The fourth-order valence-electron chi connectivity index (χ4n) is 1.63. The summed E-state index contributed by atoms with van der Waals surface area (Å²) < 4.78 is 34.6. The molecule has 0 amide bonds. The van der Waals surface area contributed by atoms with Crippen molar-refractivity contribution < 1.29 is 22.4 Å². The zero-order valence-corrected chi connectivity index (χ0v) is 12.5. The second-order valence-electron chi connectivity index (χ2n) is 4.67. The van der Waals surface area contributed by atoms with Crippen LogP contribution < -0.4 is 8.92 Å². The third kappa shape index (κ3) is 4.13. The number of rotatable bonds is 5. The van der Waals surface area contributed by atoms with E-state index >= 15 is 0 Å². The highest BCUT2D eigenvalue weighted by molar-refractivity contribution is 7.87. The number of phenolic OH excluding ortho intramolecular Hbond substituents is 1. The van der Waals surface area contributed by atoms with E-state index in [-0.39, 0.29) is 22.5 Å². The smallest absolute Gasteiger partial charge is 0.339 e. The van der Waals surface area contributed by atoms with E-state index in [0.717, 1.165) is 0 Å². The van der Waals surface area contributed by atoms with E-state index in [4.69, 9.17) is 14.0 Å². The van der Waals surface area contributed by atoms with Gasteiger partial charge in [0.2, 0.25) is 0 Å². The zero-order valence-electron chi connectivity index (χ0n) is 11.7. The number of ether oxygens (including phenoxy) is 1. The summed E-state index contributed by atoms with van der Waals surface area (Å²) in [6.45, 7) is 3.77. The van der Waals surface area contributed by atoms with Crippen LogP contribution in [-0.2, 0) is 10.1 Å². The summed E-state index contributed by atoms with van der Waals surface area (Å²) in [5, 5.41) is 9.16. The number of benzene rings is 2. The number of hydrogen-bond donors (Lipinski definition) is 1. The Morgan fingerprint density at radius 2 is 1.43 bits per heavy atom. The van der Waals surface area contributed by atoms with Crippen LogP contribution in [-0.4, -0.2) is 19.6 Å². The Kier molecular flexibility index (Phi) is 4.37. The Morgan fingerprint density at radius 1 is 0.905 bits per heavy atom. The lowest BCUT2D eigenvalue weighted by molar-refractivity contribution is 0.242. The molecule has 0 heterocycles. The highest BCUT2D eigenvalue weighted by atomic mass is 32.2. The maximum Gasteiger partial charge on any atom is 0.339 e. The average Bonchev–Trinajstić information content (AvgIpc) is 2.41. The van der Waals surface area contributed by atoms with E-state index in [1.165, 1.54) is 36.4 Å². The van der Waals surface area contributed by atoms with Gasteiger partial charge in [0.1, 0.15) is 22.1 Å². The van der Waals surface area contributed by atoms with Gasteiger partial charge in [-0.1, -0.05) is 0 Å². The van der Waals surface area contributed by atoms with Gasteiger partial charge in [-0.2, -0.15) is 8.42 Å². The molecule has 6 heteroatoms. The van der Waals surface area contributed by atoms with Gasteiger partial charge in [-0.05, 0) is 62.4 Å². The predicted octanol–water partition coefficient (Wildman–Crippen LogP) is 2.95. The van der Waals surface area contributed by atoms with Gasteiger partial charge in [0.05, 0.1) is 6.10 Å². The summed E-state index contributed by atoms with van der Waals surface area (Å²) in [7, 11) is -3.91. The van der Waals surface area contributed by atoms with Crippen LogP contribution in [0, 0.1) is 0 Å². The maximum atomic E-state index is 12.1. The van der Waals surface area contributed by atoms with Crippen LogP contribution in [0.1, 0.15) is 13.8 Å². The van der Waals surface area contributed by atoms with E-state index in [0.29, 0.717) is 5.75 Å². The molecule has 1 N–H and O–H groups in total. The van der Waals surface area contributed by atoms with Crippen LogP contribution in [0.3, 0.4) is 0 Å². The van der Waals surface area contributed by atoms with Crippen molar-refractivity contribution in [2.24, 2.45) is 0 Å². The fourth-order valence-corrected chi connectivity index (χ4v) is 2.56. The van der Waals surface area contributed by atoms with E-state index < -0.39 is 10.1 Å². The predicted molar refractivity (Wildman–Crippen MR) is 78.1 cm³/mol. The van der Waals surface area contributed by atoms with E-state index in [1.54, 1.807) is 12.1 Å². The van der Waals surface area contributed by atoms with Gasteiger partial charge in [-0.3, -0.25) is 0 Å². The second-order valence-corrected chi connectivity index (χ2v) is 6.22. The molecular weight excluding hydrogens is 292 g/mol. The monoisotopic (exact) mass is 308 g/mol. The molecular formula is C15H16O5S. The first-order chi connectivity index (χ1) is 9.87. The van der Waals surface area contributed by atoms with Crippen molar-refractivity contribution in [1.29, 1.82) is 0 Å². The molecule has 0 aliphatic rings. The highest BCUT2D eigenvalue weighted by Gasteiger charge is 2.16. The van der Waals surface area contributed by atoms with Crippen molar-refractivity contribution in [3.8, 4) is 17.2 Å². The lowest BCUT2D eigenvalue weighted by Crippen LogP contribution is -2.10. The van der Waals surface area contributed by atoms with Gasteiger partial charge in [-0.25, -0.2) is 0 Å². The third-order valence-electron chi connectivity index (χ3n) is 2.53. The molecule has 2 aromatic carbocycles. The SMILES string of the molecule is CC(C)Oc1ccc(S(=O)(=O)Oc2ccc(O)cc2)cc1. The lowest BCUT2D eigenvalue weighted by Gasteiger charge is -2.10. The molecule has 0 radical (unpaired) electrons. The highest BCUT2D eigenvalue weighted by Crippen LogP contribution is 2.22. The van der Waals surface area contributed by atoms with Crippen LogP contribution in [0.5, 0.6) is 17.2 Å².